The molecule has 2 unspecified atom stereocenters. The molecule has 1 saturated carbocycles. The molecule has 118 valence electrons. The Morgan fingerprint density at radius 1 is 1.10 bits per heavy atom. The minimum Gasteiger partial charge on any atom is -0.389 e. The molecule has 4 heteroatoms. The van der Waals surface area contributed by atoms with E-state index < -0.39 is 12.2 Å². The van der Waals surface area contributed by atoms with Crippen molar-refractivity contribution >= 4 is 0 Å². The van der Waals surface area contributed by atoms with E-state index in [4.69, 9.17) is 0 Å². The van der Waals surface area contributed by atoms with Crippen LogP contribution in [0.25, 0.3) is 0 Å². The van der Waals surface area contributed by atoms with Gasteiger partial charge in [0.05, 0.1) is 12.2 Å². The Bertz CT molecular complexity index is 280. The van der Waals surface area contributed by atoms with Crippen LogP contribution in [-0.4, -0.2) is 60.0 Å². The molecular weight excluding hydrogens is 252 g/mol. The van der Waals surface area contributed by atoms with Crippen LogP contribution in [-0.2, 0) is 0 Å². The van der Waals surface area contributed by atoms with E-state index in [1.807, 2.05) is 0 Å². The number of aliphatic hydroxyl groups is 2. The van der Waals surface area contributed by atoms with E-state index >= 15 is 0 Å². The van der Waals surface area contributed by atoms with Crippen molar-refractivity contribution in [2.45, 2.75) is 58.2 Å². The summed E-state index contributed by atoms with van der Waals surface area (Å²) >= 11 is 0. The number of hydrogen-bond donors (Lipinski definition) is 3. The predicted molar refractivity (Wildman–Crippen MR) is 81.7 cm³/mol. The van der Waals surface area contributed by atoms with Gasteiger partial charge in [-0.25, -0.2) is 0 Å². The van der Waals surface area contributed by atoms with Crippen LogP contribution in [0.15, 0.2) is 0 Å². The van der Waals surface area contributed by atoms with Crippen LogP contribution in [0.5, 0.6) is 0 Å². The number of rotatable bonds is 6. The zero-order chi connectivity index (χ0) is 14.6. The molecule has 1 saturated heterocycles. The van der Waals surface area contributed by atoms with Gasteiger partial charge in [-0.2, -0.15) is 0 Å². The highest BCUT2D eigenvalue weighted by Gasteiger charge is 2.38. The van der Waals surface area contributed by atoms with Crippen molar-refractivity contribution in [1.29, 1.82) is 0 Å². The maximum Gasteiger partial charge on any atom is 0.0938 e. The quantitative estimate of drug-likeness (QED) is 0.686. The van der Waals surface area contributed by atoms with Gasteiger partial charge in [-0.1, -0.05) is 33.1 Å². The van der Waals surface area contributed by atoms with Crippen molar-refractivity contribution in [3.8, 4) is 0 Å². The van der Waals surface area contributed by atoms with Crippen molar-refractivity contribution in [3.05, 3.63) is 0 Å². The van der Waals surface area contributed by atoms with E-state index in [2.05, 4.69) is 24.1 Å². The zero-order valence-corrected chi connectivity index (χ0v) is 13.1. The highest BCUT2D eigenvalue weighted by molar-refractivity contribution is 4.92. The second-order valence-corrected chi connectivity index (χ2v) is 7.41. The topological polar surface area (TPSA) is 55.7 Å². The molecule has 1 aliphatic carbocycles. The number of likely N-dealkylation sites (tertiary alicyclic amines) is 1. The van der Waals surface area contributed by atoms with Crippen molar-refractivity contribution in [2.24, 2.45) is 11.3 Å². The van der Waals surface area contributed by atoms with E-state index in [1.54, 1.807) is 0 Å². The van der Waals surface area contributed by atoms with Crippen LogP contribution in [0, 0.1) is 11.3 Å². The average Bonchev–Trinajstić information content (AvgIpc) is 2.68. The standard InChI is InChI=1S/C16H32N2O2/c1-13(2)8-17-11-16(6-4-3-5-7-16)12-18-9-14(19)15(20)10-18/h13-15,17,19-20H,3-12H2,1-2H3. The lowest BCUT2D eigenvalue weighted by Crippen LogP contribution is -2.45. The minimum atomic E-state index is -0.556. The van der Waals surface area contributed by atoms with Crippen molar-refractivity contribution in [2.75, 3.05) is 32.7 Å². The monoisotopic (exact) mass is 284 g/mol. The van der Waals surface area contributed by atoms with Crippen molar-refractivity contribution < 1.29 is 10.2 Å². The molecule has 0 amide bonds. The molecule has 0 aromatic carbocycles. The van der Waals surface area contributed by atoms with Crippen molar-refractivity contribution in [1.82, 2.24) is 10.2 Å². The molecule has 1 aliphatic heterocycles. The maximum absolute atomic E-state index is 9.72. The normalized spacial score (nSPS) is 31.1. The van der Waals surface area contributed by atoms with Gasteiger partial charge in [0.25, 0.3) is 0 Å². The summed E-state index contributed by atoms with van der Waals surface area (Å²) in [5.74, 6) is 0.686. The lowest BCUT2D eigenvalue weighted by atomic mass is 9.73. The fourth-order valence-electron chi connectivity index (χ4n) is 3.77. The van der Waals surface area contributed by atoms with Crippen molar-refractivity contribution in [3.63, 3.8) is 0 Å². The first kappa shape index (κ1) is 16.2. The fraction of sp³-hybridized carbons (Fsp3) is 1.00. The smallest absolute Gasteiger partial charge is 0.0938 e. The van der Waals surface area contributed by atoms with Gasteiger partial charge in [0.1, 0.15) is 0 Å². The molecule has 0 spiro atoms. The maximum atomic E-state index is 9.72. The number of β-amino-alcohol motifs (C(OH)–C–C–N with tert-alkyl or cyclic N) is 2. The summed E-state index contributed by atoms with van der Waals surface area (Å²) < 4.78 is 0. The van der Waals surface area contributed by atoms with Crippen LogP contribution in [0.4, 0.5) is 0 Å². The molecular formula is C16H32N2O2. The summed E-state index contributed by atoms with van der Waals surface area (Å²) in [6.07, 6.45) is 5.45. The second kappa shape index (κ2) is 7.21. The molecule has 4 nitrogen and oxygen atoms in total. The number of nitrogens with one attached hydrogen (secondary N) is 1. The highest BCUT2D eigenvalue weighted by atomic mass is 16.3. The lowest BCUT2D eigenvalue weighted by molar-refractivity contribution is 0.0572. The molecule has 0 aromatic heterocycles. The van der Waals surface area contributed by atoms with E-state index in [-0.39, 0.29) is 0 Å². The molecule has 2 aliphatic rings. The van der Waals surface area contributed by atoms with Crippen LogP contribution in [0.2, 0.25) is 0 Å². The largest absolute Gasteiger partial charge is 0.389 e. The number of hydrogen-bond acceptors (Lipinski definition) is 4. The third kappa shape index (κ3) is 4.42. The Balaban J connectivity index is 1.89. The first-order chi connectivity index (χ1) is 9.51. The third-order valence-corrected chi connectivity index (χ3v) is 4.86. The van der Waals surface area contributed by atoms with Gasteiger partial charge in [0.2, 0.25) is 0 Å². The molecule has 1 heterocycles. The number of aliphatic hydroxyl groups excluding tert-OH is 2. The van der Waals surface area contributed by atoms with E-state index in [9.17, 15) is 10.2 Å². The summed E-state index contributed by atoms with van der Waals surface area (Å²) in [6, 6.07) is 0. The summed E-state index contributed by atoms with van der Waals surface area (Å²) in [5, 5.41) is 23.1. The average molecular weight is 284 g/mol. The molecule has 0 aromatic rings. The first-order valence-electron chi connectivity index (χ1n) is 8.30. The van der Waals surface area contributed by atoms with Crippen LogP contribution in [0.1, 0.15) is 46.0 Å². The van der Waals surface area contributed by atoms with Crippen LogP contribution < -0.4 is 5.32 Å². The predicted octanol–water partition coefficient (Wildman–Crippen LogP) is 1.22. The van der Waals surface area contributed by atoms with Gasteiger partial charge < -0.3 is 15.5 Å². The van der Waals surface area contributed by atoms with E-state index in [1.165, 1.54) is 32.1 Å². The summed E-state index contributed by atoms with van der Waals surface area (Å²) in [4.78, 5) is 2.26. The first-order valence-corrected chi connectivity index (χ1v) is 8.30. The van der Waals surface area contributed by atoms with Crippen LogP contribution >= 0.6 is 0 Å². The zero-order valence-electron chi connectivity index (χ0n) is 13.1. The Kier molecular flexibility index (Phi) is 5.84. The van der Waals surface area contributed by atoms with Gasteiger partial charge in [0, 0.05) is 26.2 Å². The molecule has 0 radical (unpaired) electrons. The Morgan fingerprint density at radius 3 is 2.25 bits per heavy atom. The molecule has 2 atom stereocenters. The summed E-state index contributed by atoms with van der Waals surface area (Å²) in [6.45, 7) is 8.93. The number of nitrogens with zero attached hydrogens (tertiary/aromatic N) is 1. The lowest BCUT2D eigenvalue weighted by Gasteiger charge is -2.40. The third-order valence-electron chi connectivity index (χ3n) is 4.86. The highest BCUT2D eigenvalue weighted by Crippen LogP contribution is 2.37. The Labute approximate surface area is 123 Å². The molecule has 3 N–H and O–H groups in total. The second-order valence-electron chi connectivity index (χ2n) is 7.41. The van der Waals surface area contributed by atoms with Gasteiger partial charge in [0.15, 0.2) is 0 Å². The fourth-order valence-corrected chi connectivity index (χ4v) is 3.77. The molecule has 0 bridgehead atoms. The van der Waals surface area contributed by atoms with Gasteiger partial charge in [-0.3, -0.25) is 4.90 Å². The summed E-state index contributed by atoms with van der Waals surface area (Å²) in [7, 11) is 0. The SMILES string of the molecule is CC(C)CNCC1(CN2CC(O)C(O)C2)CCCCC1. The molecule has 2 fully saturated rings. The van der Waals surface area contributed by atoms with E-state index in [0.29, 0.717) is 24.4 Å². The van der Waals surface area contributed by atoms with Crippen LogP contribution in [0.3, 0.4) is 0 Å². The Hall–Kier alpha value is -0.160. The molecule has 2 rings (SSSR count). The van der Waals surface area contributed by atoms with Gasteiger partial charge >= 0.3 is 0 Å². The summed E-state index contributed by atoms with van der Waals surface area (Å²) in [5.41, 5.74) is 0.344. The van der Waals surface area contributed by atoms with Gasteiger partial charge in [-0.05, 0) is 30.7 Å². The molecule has 20 heavy (non-hydrogen) atoms. The van der Waals surface area contributed by atoms with E-state index in [0.717, 1.165) is 19.6 Å². The Morgan fingerprint density at radius 2 is 1.70 bits per heavy atom. The minimum absolute atomic E-state index is 0.344. The van der Waals surface area contributed by atoms with Gasteiger partial charge in [-0.15, -0.1) is 0 Å².